The molecule has 0 aliphatic heterocycles. The third-order valence-corrected chi connectivity index (χ3v) is 3.35. The molecule has 112 valence electrons. The van der Waals surface area contributed by atoms with E-state index in [2.05, 4.69) is 4.98 Å². The van der Waals surface area contributed by atoms with Gasteiger partial charge in [-0.15, -0.1) is 0 Å². The molecule has 0 saturated heterocycles. The summed E-state index contributed by atoms with van der Waals surface area (Å²) in [6.45, 7) is 1.42. The van der Waals surface area contributed by atoms with Crippen molar-refractivity contribution in [2.75, 3.05) is 13.2 Å². The third-order valence-electron chi connectivity index (χ3n) is 2.94. The highest BCUT2D eigenvalue weighted by molar-refractivity contribution is 6.38. The van der Waals surface area contributed by atoms with E-state index in [0.29, 0.717) is 0 Å². The van der Waals surface area contributed by atoms with Crippen LogP contribution in [0.15, 0.2) is 12.3 Å². The highest BCUT2D eigenvalue weighted by Gasteiger charge is 2.20. The van der Waals surface area contributed by atoms with E-state index < -0.39 is 17.6 Å². The molecule has 0 aliphatic carbocycles. The van der Waals surface area contributed by atoms with Crippen molar-refractivity contribution in [3.8, 4) is 0 Å². The predicted molar refractivity (Wildman–Crippen MR) is 73.4 cm³/mol. The van der Waals surface area contributed by atoms with Gasteiger partial charge in [-0.3, -0.25) is 4.98 Å². The molecule has 1 N–H and O–H groups in total. The lowest BCUT2D eigenvalue weighted by molar-refractivity contribution is 0.0526. The zero-order valence-corrected chi connectivity index (χ0v) is 11.9. The van der Waals surface area contributed by atoms with E-state index >= 15 is 0 Å². The number of aliphatic hydroxyl groups excluding tert-OH is 1. The van der Waals surface area contributed by atoms with Gasteiger partial charge < -0.3 is 9.84 Å². The van der Waals surface area contributed by atoms with Crippen LogP contribution in [0.5, 0.6) is 0 Å². The first-order valence-corrected chi connectivity index (χ1v) is 6.62. The van der Waals surface area contributed by atoms with E-state index in [-0.39, 0.29) is 46.7 Å². The first-order valence-electron chi connectivity index (χ1n) is 6.24. The largest absolute Gasteiger partial charge is 0.462 e. The van der Waals surface area contributed by atoms with Crippen LogP contribution in [0.25, 0.3) is 10.9 Å². The number of rotatable bonds is 4. The molecule has 0 amide bonds. The predicted octanol–water partition coefficient (Wildman–Crippen LogP) is 2.88. The number of hydrogen-bond acceptors (Lipinski definition) is 4. The zero-order valence-electron chi connectivity index (χ0n) is 11.1. The van der Waals surface area contributed by atoms with Crippen LogP contribution < -0.4 is 0 Å². The molecule has 0 spiro atoms. The van der Waals surface area contributed by atoms with E-state index in [4.69, 9.17) is 21.4 Å². The van der Waals surface area contributed by atoms with Crippen molar-refractivity contribution in [1.82, 2.24) is 4.98 Å². The van der Waals surface area contributed by atoms with Crippen LogP contribution in [0.4, 0.5) is 8.78 Å². The minimum atomic E-state index is -1.12. The second-order valence-electron chi connectivity index (χ2n) is 4.23. The summed E-state index contributed by atoms with van der Waals surface area (Å²) in [5, 5.41) is 9.00. The van der Waals surface area contributed by atoms with Gasteiger partial charge in [-0.2, -0.15) is 0 Å². The summed E-state index contributed by atoms with van der Waals surface area (Å²) < 4.78 is 32.2. The van der Waals surface area contributed by atoms with E-state index in [0.717, 1.165) is 12.3 Å². The maximum absolute atomic E-state index is 13.8. The third kappa shape index (κ3) is 2.82. The van der Waals surface area contributed by atoms with Gasteiger partial charge >= 0.3 is 5.97 Å². The molecule has 1 aromatic carbocycles. The number of esters is 1. The molecular formula is C14H12ClF2NO3. The van der Waals surface area contributed by atoms with Crippen LogP contribution in [0.2, 0.25) is 5.02 Å². The number of fused-ring (bicyclic) bond motifs is 1. The van der Waals surface area contributed by atoms with Crippen molar-refractivity contribution in [3.63, 3.8) is 0 Å². The van der Waals surface area contributed by atoms with Gasteiger partial charge in [0.15, 0.2) is 11.6 Å². The molecule has 0 unspecified atom stereocenters. The molecule has 1 heterocycles. The molecule has 0 atom stereocenters. The monoisotopic (exact) mass is 315 g/mol. The fourth-order valence-electron chi connectivity index (χ4n) is 2.01. The Morgan fingerprint density at radius 2 is 2.19 bits per heavy atom. The summed E-state index contributed by atoms with van der Waals surface area (Å²) in [7, 11) is 0. The van der Waals surface area contributed by atoms with Crippen LogP contribution in [0, 0.1) is 11.6 Å². The quantitative estimate of drug-likeness (QED) is 0.881. The Bertz CT molecular complexity index is 706. The molecule has 0 radical (unpaired) electrons. The number of ether oxygens (including phenoxy) is 1. The van der Waals surface area contributed by atoms with Gasteiger partial charge in [-0.25, -0.2) is 13.6 Å². The average molecular weight is 316 g/mol. The van der Waals surface area contributed by atoms with Gasteiger partial charge in [-0.05, 0) is 13.0 Å². The lowest BCUT2D eigenvalue weighted by atomic mass is 10.0. The molecule has 0 aliphatic rings. The Kier molecular flexibility index (Phi) is 4.69. The number of pyridine rings is 1. The minimum Gasteiger partial charge on any atom is -0.462 e. The van der Waals surface area contributed by atoms with E-state index in [9.17, 15) is 13.6 Å². The second kappa shape index (κ2) is 6.32. The number of hydrogen-bond donors (Lipinski definition) is 1. The molecule has 0 bridgehead atoms. The summed E-state index contributed by atoms with van der Waals surface area (Å²) in [6, 6.07) is 0.879. The standard InChI is InChI=1S/C14H12ClF2NO3/c1-2-21-14(20)9-6-18-13-7(3-4-19)12(17)10(16)5-8(13)11(9)15/h5-6,19H,2-4H2,1H3. The van der Waals surface area contributed by atoms with Gasteiger partial charge in [0, 0.05) is 30.2 Å². The fourth-order valence-corrected chi connectivity index (χ4v) is 2.28. The number of carbonyl (C=O) groups is 1. The van der Waals surface area contributed by atoms with E-state index in [1.807, 2.05) is 0 Å². The SMILES string of the molecule is CCOC(=O)c1cnc2c(CCO)c(F)c(F)cc2c1Cl. The molecule has 21 heavy (non-hydrogen) atoms. The Hall–Kier alpha value is -1.79. The van der Waals surface area contributed by atoms with E-state index in [1.54, 1.807) is 6.92 Å². The fraction of sp³-hybridized carbons (Fsp3) is 0.286. The second-order valence-corrected chi connectivity index (χ2v) is 4.60. The normalized spacial score (nSPS) is 10.9. The van der Waals surface area contributed by atoms with Gasteiger partial charge in [0.05, 0.1) is 22.7 Å². The maximum Gasteiger partial charge on any atom is 0.341 e. The molecule has 4 nitrogen and oxygen atoms in total. The summed E-state index contributed by atoms with van der Waals surface area (Å²) in [5.41, 5.74) is 0.0118. The minimum absolute atomic E-state index is 0.0213. The van der Waals surface area contributed by atoms with Crippen molar-refractivity contribution in [3.05, 3.63) is 40.0 Å². The first kappa shape index (κ1) is 15.6. The van der Waals surface area contributed by atoms with Gasteiger partial charge in [0.1, 0.15) is 0 Å². The van der Waals surface area contributed by atoms with Gasteiger partial charge in [0.2, 0.25) is 0 Å². The van der Waals surface area contributed by atoms with Crippen molar-refractivity contribution in [1.29, 1.82) is 0 Å². The first-order chi connectivity index (χ1) is 10.0. The van der Waals surface area contributed by atoms with Crippen molar-refractivity contribution < 1.29 is 23.4 Å². The Balaban J connectivity index is 2.71. The topological polar surface area (TPSA) is 59.4 Å². The van der Waals surface area contributed by atoms with Crippen LogP contribution in [-0.4, -0.2) is 29.3 Å². The number of benzene rings is 1. The van der Waals surface area contributed by atoms with E-state index in [1.165, 1.54) is 0 Å². The Morgan fingerprint density at radius 1 is 1.48 bits per heavy atom. The molecule has 0 saturated carbocycles. The molecule has 2 rings (SSSR count). The lowest BCUT2D eigenvalue weighted by Gasteiger charge is -2.11. The summed E-state index contributed by atoms with van der Waals surface area (Å²) in [6.07, 6.45) is 1.04. The molecule has 1 aromatic heterocycles. The Labute approximate surface area is 124 Å². The van der Waals surface area contributed by atoms with Crippen LogP contribution in [0.1, 0.15) is 22.8 Å². The van der Waals surface area contributed by atoms with Crippen molar-refractivity contribution >= 4 is 28.5 Å². The zero-order chi connectivity index (χ0) is 15.6. The van der Waals surface area contributed by atoms with Gasteiger partial charge in [0.25, 0.3) is 0 Å². The number of halogens is 3. The molecule has 0 fully saturated rings. The number of carbonyl (C=O) groups excluding carboxylic acids is 1. The maximum atomic E-state index is 13.8. The Morgan fingerprint density at radius 3 is 2.81 bits per heavy atom. The number of nitrogens with zero attached hydrogens (tertiary/aromatic N) is 1. The summed E-state index contributed by atoms with van der Waals surface area (Å²) in [4.78, 5) is 15.7. The van der Waals surface area contributed by atoms with Crippen LogP contribution in [-0.2, 0) is 11.2 Å². The number of aromatic nitrogens is 1. The lowest BCUT2D eigenvalue weighted by Crippen LogP contribution is -2.08. The van der Waals surface area contributed by atoms with Crippen LogP contribution >= 0.6 is 11.6 Å². The molecular weight excluding hydrogens is 304 g/mol. The summed E-state index contributed by atoms with van der Waals surface area (Å²) in [5.74, 6) is -2.88. The molecule has 7 heteroatoms. The van der Waals surface area contributed by atoms with Crippen molar-refractivity contribution in [2.45, 2.75) is 13.3 Å². The smallest absolute Gasteiger partial charge is 0.341 e. The molecule has 2 aromatic rings. The van der Waals surface area contributed by atoms with Gasteiger partial charge in [-0.1, -0.05) is 11.6 Å². The highest BCUT2D eigenvalue weighted by atomic mass is 35.5. The van der Waals surface area contributed by atoms with Crippen LogP contribution in [0.3, 0.4) is 0 Å². The van der Waals surface area contributed by atoms with Crippen molar-refractivity contribution in [2.24, 2.45) is 0 Å². The summed E-state index contributed by atoms with van der Waals surface area (Å²) >= 11 is 6.08. The average Bonchev–Trinajstić information content (AvgIpc) is 2.45. The number of aliphatic hydroxyl groups is 1. The highest BCUT2D eigenvalue weighted by Crippen LogP contribution is 2.31.